The summed E-state index contributed by atoms with van der Waals surface area (Å²) in [5, 5.41) is 6.88. The van der Waals surface area contributed by atoms with Gasteiger partial charge in [0.1, 0.15) is 23.7 Å². The summed E-state index contributed by atoms with van der Waals surface area (Å²) < 4.78 is 41.4. The number of aromatic nitrogens is 2. The van der Waals surface area contributed by atoms with E-state index in [4.69, 9.17) is 4.74 Å². The third kappa shape index (κ3) is 6.39. The van der Waals surface area contributed by atoms with E-state index in [2.05, 4.69) is 29.7 Å². The average Bonchev–Trinajstić information content (AvgIpc) is 2.80. The highest BCUT2D eigenvalue weighted by Crippen LogP contribution is 2.35. The lowest BCUT2D eigenvalue weighted by atomic mass is 9.93. The standard InChI is InChI=1S/C25H30FN5O4S/c1-15-11-18(31-36(3,4)33)13-21-23(15)24(28-14-27-21)30-20-10-5-16(26)12-22(20)35-19-8-6-17(7-9-19)29-25(32)34-2/h5,10-14,17,19H,6-9H2,1-4H3,(H,29,32)(H,27,28,30)/t17-,19+. The summed E-state index contributed by atoms with van der Waals surface area (Å²) in [6, 6.07) is 7.97. The van der Waals surface area contributed by atoms with Crippen molar-refractivity contribution in [2.24, 2.45) is 4.36 Å². The number of halogens is 1. The van der Waals surface area contributed by atoms with Crippen molar-refractivity contribution in [3.8, 4) is 5.75 Å². The fourth-order valence-electron chi connectivity index (χ4n) is 4.33. The molecule has 36 heavy (non-hydrogen) atoms. The van der Waals surface area contributed by atoms with Crippen LogP contribution in [0.5, 0.6) is 5.75 Å². The Labute approximate surface area is 210 Å². The molecule has 1 aliphatic rings. The Kier molecular flexibility index (Phi) is 7.58. The topological polar surface area (TPSA) is 115 Å². The molecule has 1 aromatic heterocycles. The van der Waals surface area contributed by atoms with Gasteiger partial charge in [0.2, 0.25) is 0 Å². The normalized spacial score (nSPS) is 17.9. The number of nitrogens with zero attached hydrogens (tertiary/aromatic N) is 3. The van der Waals surface area contributed by atoms with Crippen LogP contribution in [0.4, 0.5) is 26.4 Å². The van der Waals surface area contributed by atoms with Crippen LogP contribution in [0.15, 0.2) is 41.0 Å². The number of amides is 1. The highest BCUT2D eigenvalue weighted by atomic mass is 32.2. The molecule has 1 heterocycles. The first-order chi connectivity index (χ1) is 17.1. The van der Waals surface area contributed by atoms with Crippen molar-refractivity contribution in [2.45, 2.75) is 44.8 Å². The largest absolute Gasteiger partial charge is 0.488 e. The SMILES string of the molecule is COC(=O)N[C@H]1CC[C@@H](Oc2cc(F)ccc2Nc2ncnc3cc(N=S(C)(C)=O)cc(C)c23)CC1. The number of benzene rings is 2. The Bertz CT molecular complexity index is 1390. The summed E-state index contributed by atoms with van der Waals surface area (Å²) in [5.74, 6) is 0.515. The Morgan fingerprint density at radius 2 is 1.89 bits per heavy atom. The molecule has 0 aliphatic heterocycles. The van der Waals surface area contributed by atoms with Crippen molar-refractivity contribution in [2.75, 3.05) is 24.9 Å². The number of aryl methyl sites for hydroxylation is 1. The second-order valence-corrected chi connectivity index (χ2v) is 11.7. The molecule has 9 nitrogen and oxygen atoms in total. The number of hydrogen-bond acceptors (Lipinski definition) is 8. The van der Waals surface area contributed by atoms with Gasteiger partial charge >= 0.3 is 6.09 Å². The van der Waals surface area contributed by atoms with E-state index in [1.807, 2.05) is 13.0 Å². The van der Waals surface area contributed by atoms with Crippen LogP contribution < -0.4 is 15.4 Å². The van der Waals surface area contributed by atoms with Crippen LogP contribution in [0.25, 0.3) is 10.9 Å². The third-order valence-electron chi connectivity index (χ3n) is 5.92. The van der Waals surface area contributed by atoms with Crippen LogP contribution in [-0.2, 0) is 14.5 Å². The summed E-state index contributed by atoms with van der Waals surface area (Å²) in [5.41, 5.74) is 2.67. The molecule has 11 heteroatoms. The maximum absolute atomic E-state index is 14.2. The number of fused-ring (bicyclic) bond motifs is 1. The lowest BCUT2D eigenvalue weighted by molar-refractivity contribution is 0.129. The summed E-state index contributed by atoms with van der Waals surface area (Å²) in [4.78, 5) is 20.2. The van der Waals surface area contributed by atoms with Crippen LogP contribution in [-0.4, -0.2) is 52.0 Å². The van der Waals surface area contributed by atoms with Gasteiger partial charge in [-0.05, 0) is 62.4 Å². The van der Waals surface area contributed by atoms with Gasteiger partial charge in [0.05, 0.1) is 30.1 Å². The first-order valence-corrected chi connectivity index (χ1v) is 13.9. The Hall–Kier alpha value is -3.47. The fourth-order valence-corrected chi connectivity index (χ4v) is 4.94. The molecule has 0 atom stereocenters. The summed E-state index contributed by atoms with van der Waals surface area (Å²) in [7, 11) is -0.978. The number of carbonyl (C=O) groups is 1. The van der Waals surface area contributed by atoms with E-state index in [0.717, 1.165) is 23.8 Å². The minimum Gasteiger partial charge on any atom is -0.488 e. The molecule has 0 bridgehead atoms. The Morgan fingerprint density at radius 3 is 2.58 bits per heavy atom. The number of hydrogen-bond donors (Lipinski definition) is 2. The van der Waals surface area contributed by atoms with Crippen LogP contribution in [0.3, 0.4) is 0 Å². The van der Waals surface area contributed by atoms with Crippen molar-refractivity contribution in [1.29, 1.82) is 0 Å². The van der Waals surface area contributed by atoms with Crippen LogP contribution in [0, 0.1) is 12.7 Å². The molecule has 1 fully saturated rings. The van der Waals surface area contributed by atoms with Gasteiger partial charge in [-0.1, -0.05) is 0 Å². The number of alkyl carbamates (subject to hydrolysis) is 1. The number of methoxy groups -OCH3 is 1. The fraction of sp³-hybridized carbons (Fsp3) is 0.400. The second kappa shape index (κ2) is 10.7. The van der Waals surface area contributed by atoms with Gasteiger partial charge in [0, 0.05) is 39.7 Å². The van der Waals surface area contributed by atoms with Crippen LogP contribution >= 0.6 is 0 Å². The van der Waals surface area contributed by atoms with Crippen molar-refractivity contribution in [3.63, 3.8) is 0 Å². The molecule has 0 saturated heterocycles. The number of nitrogens with one attached hydrogen (secondary N) is 2. The van der Waals surface area contributed by atoms with Crippen molar-refractivity contribution in [3.05, 3.63) is 48.0 Å². The number of anilines is 2. The predicted octanol–water partition coefficient (Wildman–Crippen LogP) is 5.23. The van der Waals surface area contributed by atoms with E-state index in [9.17, 15) is 13.4 Å². The Balaban J connectivity index is 1.57. The van der Waals surface area contributed by atoms with E-state index < -0.39 is 21.6 Å². The van der Waals surface area contributed by atoms with Gasteiger partial charge < -0.3 is 20.1 Å². The van der Waals surface area contributed by atoms with Crippen LogP contribution in [0.2, 0.25) is 0 Å². The van der Waals surface area contributed by atoms with Gasteiger partial charge in [-0.25, -0.2) is 23.4 Å². The zero-order valence-corrected chi connectivity index (χ0v) is 21.5. The third-order valence-corrected chi connectivity index (χ3v) is 6.57. The zero-order valence-electron chi connectivity index (χ0n) is 20.7. The minimum atomic E-state index is -2.32. The van der Waals surface area contributed by atoms with Gasteiger partial charge in [0.15, 0.2) is 0 Å². The van der Waals surface area contributed by atoms with Gasteiger partial charge in [-0.2, -0.15) is 4.36 Å². The molecule has 0 unspecified atom stereocenters. The summed E-state index contributed by atoms with van der Waals surface area (Å²) in [6.45, 7) is 1.91. The first kappa shape index (κ1) is 25.6. The monoisotopic (exact) mass is 515 g/mol. The molecule has 4 rings (SSSR count). The van der Waals surface area contributed by atoms with Gasteiger partial charge in [0.25, 0.3) is 0 Å². The van der Waals surface area contributed by atoms with Crippen molar-refractivity contribution >= 4 is 43.9 Å². The van der Waals surface area contributed by atoms with Crippen molar-refractivity contribution in [1.82, 2.24) is 15.3 Å². The van der Waals surface area contributed by atoms with E-state index in [-0.39, 0.29) is 12.1 Å². The average molecular weight is 516 g/mol. The molecule has 192 valence electrons. The maximum Gasteiger partial charge on any atom is 0.407 e. The summed E-state index contributed by atoms with van der Waals surface area (Å²) in [6.07, 6.45) is 6.94. The predicted molar refractivity (Wildman–Crippen MR) is 138 cm³/mol. The van der Waals surface area contributed by atoms with Gasteiger partial charge in [-0.3, -0.25) is 0 Å². The van der Waals surface area contributed by atoms with Gasteiger partial charge in [-0.15, -0.1) is 0 Å². The van der Waals surface area contributed by atoms with E-state index in [1.165, 1.54) is 25.6 Å². The molecule has 1 aliphatic carbocycles. The van der Waals surface area contributed by atoms with E-state index in [0.29, 0.717) is 41.3 Å². The molecule has 2 N–H and O–H groups in total. The molecule has 3 aromatic rings. The second-order valence-electron chi connectivity index (χ2n) is 9.14. The summed E-state index contributed by atoms with van der Waals surface area (Å²) >= 11 is 0. The van der Waals surface area contributed by atoms with E-state index in [1.54, 1.807) is 24.6 Å². The van der Waals surface area contributed by atoms with Crippen LogP contribution in [0.1, 0.15) is 31.2 Å². The molecule has 1 amide bonds. The number of carbonyl (C=O) groups excluding carboxylic acids is 1. The van der Waals surface area contributed by atoms with Crippen molar-refractivity contribution < 1.29 is 22.9 Å². The molecule has 0 spiro atoms. The molecular formula is C25H30FN5O4S. The maximum atomic E-state index is 14.2. The highest BCUT2D eigenvalue weighted by Gasteiger charge is 2.25. The molecule has 1 saturated carbocycles. The van der Waals surface area contributed by atoms with E-state index >= 15 is 0 Å². The Morgan fingerprint density at radius 1 is 1.14 bits per heavy atom. The first-order valence-electron chi connectivity index (χ1n) is 11.6. The number of rotatable bonds is 6. The molecule has 0 radical (unpaired) electrons. The quantitative estimate of drug-likeness (QED) is 0.462. The highest BCUT2D eigenvalue weighted by molar-refractivity contribution is 7.92. The lowest BCUT2D eigenvalue weighted by Gasteiger charge is -2.29. The smallest absolute Gasteiger partial charge is 0.407 e. The molecular weight excluding hydrogens is 485 g/mol. The minimum absolute atomic E-state index is 0.0307. The zero-order chi connectivity index (χ0) is 25.9. The lowest BCUT2D eigenvalue weighted by Crippen LogP contribution is -2.39. The molecule has 2 aromatic carbocycles. The number of ether oxygens (including phenoxy) is 2.